The zero-order valence-electron chi connectivity index (χ0n) is 3.96. The molecule has 1 heterocycles. The zero-order valence-corrected chi connectivity index (χ0v) is 3.96. The molecule has 0 unspecified atom stereocenters. The summed E-state index contributed by atoms with van der Waals surface area (Å²) >= 11 is 0. The smallest absolute Gasteiger partial charge is 0.0600 e. The molecular formula is C4H9NO2. The SMILES string of the molecule is OC[C@@H]1N[C@@H]1CO. The Labute approximate surface area is 42.0 Å². The third kappa shape index (κ3) is 0.907. The maximum absolute atomic E-state index is 8.33. The first kappa shape index (κ1) is 5.03. The Kier molecular flexibility index (Phi) is 1.27. The lowest BCUT2D eigenvalue weighted by atomic mass is 10.3. The van der Waals surface area contributed by atoms with Gasteiger partial charge in [0, 0.05) is 12.1 Å². The monoisotopic (exact) mass is 103 g/mol. The number of hydrogen-bond acceptors (Lipinski definition) is 3. The maximum Gasteiger partial charge on any atom is 0.0600 e. The van der Waals surface area contributed by atoms with Crippen molar-refractivity contribution >= 4 is 0 Å². The van der Waals surface area contributed by atoms with E-state index in [0.29, 0.717) is 0 Å². The molecule has 0 aromatic rings. The molecule has 3 heteroatoms. The van der Waals surface area contributed by atoms with E-state index < -0.39 is 0 Å². The number of rotatable bonds is 2. The van der Waals surface area contributed by atoms with Crippen molar-refractivity contribution in [2.45, 2.75) is 12.1 Å². The van der Waals surface area contributed by atoms with E-state index in [2.05, 4.69) is 5.32 Å². The predicted molar refractivity (Wildman–Crippen MR) is 24.9 cm³/mol. The summed E-state index contributed by atoms with van der Waals surface area (Å²) in [5.41, 5.74) is 0. The molecule has 42 valence electrons. The van der Waals surface area contributed by atoms with Gasteiger partial charge >= 0.3 is 0 Å². The quantitative estimate of drug-likeness (QED) is 0.365. The van der Waals surface area contributed by atoms with E-state index >= 15 is 0 Å². The average Bonchev–Trinajstić information content (AvgIpc) is 2.43. The molecule has 1 aliphatic rings. The number of aliphatic hydroxyl groups is 2. The van der Waals surface area contributed by atoms with E-state index in [1.807, 2.05) is 0 Å². The van der Waals surface area contributed by atoms with Crippen molar-refractivity contribution in [1.82, 2.24) is 5.32 Å². The molecule has 3 nitrogen and oxygen atoms in total. The molecular weight excluding hydrogens is 94.0 g/mol. The van der Waals surface area contributed by atoms with Crippen LogP contribution in [0, 0.1) is 0 Å². The number of aliphatic hydroxyl groups excluding tert-OH is 2. The van der Waals surface area contributed by atoms with Crippen LogP contribution in [0.4, 0.5) is 0 Å². The lowest BCUT2D eigenvalue weighted by Crippen LogP contribution is -2.02. The van der Waals surface area contributed by atoms with Crippen molar-refractivity contribution in [3.05, 3.63) is 0 Å². The fourth-order valence-electron chi connectivity index (χ4n) is 0.579. The molecule has 0 radical (unpaired) electrons. The molecule has 0 aromatic heterocycles. The van der Waals surface area contributed by atoms with Gasteiger partial charge in [-0.25, -0.2) is 0 Å². The molecule has 0 aromatic carbocycles. The summed E-state index contributed by atoms with van der Waals surface area (Å²) in [7, 11) is 0. The van der Waals surface area contributed by atoms with Gasteiger partial charge in [-0.2, -0.15) is 0 Å². The summed E-state index contributed by atoms with van der Waals surface area (Å²) in [5, 5.41) is 19.5. The van der Waals surface area contributed by atoms with Gasteiger partial charge < -0.3 is 15.5 Å². The van der Waals surface area contributed by atoms with Crippen molar-refractivity contribution in [2.24, 2.45) is 0 Å². The van der Waals surface area contributed by atoms with Crippen LogP contribution >= 0.6 is 0 Å². The average molecular weight is 103 g/mol. The Morgan fingerprint density at radius 1 is 1.14 bits per heavy atom. The van der Waals surface area contributed by atoms with E-state index in [1.54, 1.807) is 0 Å². The van der Waals surface area contributed by atoms with Crippen LogP contribution in [0.25, 0.3) is 0 Å². The third-order valence-corrected chi connectivity index (χ3v) is 1.20. The first-order valence-electron chi connectivity index (χ1n) is 2.36. The highest BCUT2D eigenvalue weighted by Gasteiger charge is 2.33. The second kappa shape index (κ2) is 1.78. The molecule has 1 aliphatic heterocycles. The second-order valence-electron chi connectivity index (χ2n) is 1.74. The van der Waals surface area contributed by atoms with Gasteiger partial charge in [0.2, 0.25) is 0 Å². The van der Waals surface area contributed by atoms with Crippen LogP contribution in [-0.4, -0.2) is 35.5 Å². The lowest BCUT2D eigenvalue weighted by Gasteiger charge is -1.81. The Hall–Kier alpha value is -0.120. The van der Waals surface area contributed by atoms with Gasteiger partial charge in [-0.15, -0.1) is 0 Å². The summed E-state index contributed by atoms with van der Waals surface area (Å²) in [6.45, 7) is 0.288. The fourth-order valence-corrected chi connectivity index (χ4v) is 0.579. The molecule has 1 saturated heterocycles. The Morgan fingerprint density at radius 3 is 1.71 bits per heavy atom. The highest BCUT2D eigenvalue weighted by Crippen LogP contribution is 2.06. The van der Waals surface area contributed by atoms with Gasteiger partial charge in [0.15, 0.2) is 0 Å². The molecule has 7 heavy (non-hydrogen) atoms. The first-order chi connectivity index (χ1) is 3.38. The van der Waals surface area contributed by atoms with Crippen LogP contribution in [0.3, 0.4) is 0 Å². The molecule has 0 saturated carbocycles. The predicted octanol–water partition coefficient (Wildman–Crippen LogP) is -1.69. The normalized spacial score (nSPS) is 38.6. The highest BCUT2D eigenvalue weighted by atomic mass is 16.3. The van der Waals surface area contributed by atoms with Crippen molar-refractivity contribution in [3.63, 3.8) is 0 Å². The number of hydrogen-bond donors (Lipinski definition) is 3. The van der Waals surface area contributed by atoms with Crippen molar-refractivity contribution in [1.29, 1.82) is 0 Å². The third-order valence-electron chi connectivity index (χ3n) is 1.20. The van der Waals surface area contributed by atoms with Gasteiger partial charge in [0.25, 0.3) is 0 Å². The van der Waals surface area contributed by atoms with Crippen LogP contribution < -0.4 is 5.32 Å². The van der Waals surface area contributed by atoms with Crippen LogP contribution in [0.15, 0.2) is 0 Å². The summed E-state index contributed by atoms with van der Waals surface area (Å²) in [4.78, 5) is 0. The molecule has 1 rings (SSSR count). The summed E-state index contributed by atoms with van der Waals surface area (Å²) in [5.74, 6) is 0. The van der Waals surface area contributed by atoms with Gasteiger partial charge in [0.1, 0.15) is 0 Å². The van der Waals surface area contributed by atoms with Crippen LogP contribution in [0.5, 0.6) is 0 Å². The van der Waals surface area contributed by atoms with Gasteiger partial charge in [-0.3, -0.25) is 0 Å². The summed E-state index contributed by atoms with van der Waals surface area (Å²) in [6.07, 6.45) is 0. The largest absolute Gasteiger partial charge is 0.395 e. The van der Waals surface area contributed by atoms with E-state index in [1.165, 1.54) is 0 Å². The van der Waals surface area contributed by atoms with Gasteiger partial charge in [-0.05, 0) is 0 Å². The summed E-state index contributed by atoms with van der Waals surface area (Å²) < 4.78 is 0. The minimum Gasteiger partial charge on any atom is -0.395 e. The fraction of sp³-hybridized carbons (Fsp3) is 1.00. The van der Waals surface area contributed by atoms with Gasteiger partial charge in [-0.1, -0.05) is 0 Å². The molecule has 0 spiro atoms. The molecule has 3 N–H and O–H groups in total. The molecule has 0 aliphatic carbocycles. The topological polar surface area (TPSA) is 62.4 Å². The second-order valence-corrected chi connectivity index (χ2v) is 1.74. The highest BCUT2D eigenvalue weighted by molar-refractivity contribution is 4.96. The number of nitrogens with one attached hydrogen (secondary N) is 1. The molecule has 2 atom stereocenters. The van der Waals surface area contributed by atoms with Crippen LogP contribution in [-0.2, 0) is 0 Å². The van der Waals surface area contributed by atoms with Gasteiger partial charge in [0.05, 0.1) is 13.2 Å². The minimum atomic E-state index is 0.144. The molecule has 0 bridgehead atoms. The van der Waals surface area contributed by atoms with Crippen molar-refractivity contribution < 1.29 is 10.2 Å². The minimum absolute atomic E-state index is 0.144. The van der Waals surface area contributed by atoms with E-state index in [-0.39, 0.29) is 25.3 Å². The van der Waals surface area contributed by atoms with E-state index in [9.17, 15) is 0 Å². The maximum atomic E-state index is 8.33. The van der Waals surface area contributed by atoms with E-state index in [0.717, 1.165) is 0 Å². The zero-order chi connectivity index (χ0) is 5.28. The Bertz CT molecular complexity index is 58.7. The lowest BCUT2D eigenvalue weighted by molar-refractivity contribution is 0.269. The van der Waals surface area contributed by atoms with Crippen molar-refractivity contribution in [3.8, 4) is 0 Å². The van der Waals surface area contributed by atoms with Crippen LogP contribution in [0.2, 0.25) is 0 Å². The summed E-state index contributed by atoms with van der Waals surface area (Å²) in [6, 6.07) is 0.343. The van der Waals surface area contributed by atoms with Crippen molar-refractivity contribution in [2.75, 3.05) is 13.2 Å². The van der Waals surface area contributed by atoms with E-state index in [4.69, 9.17) is 10.2 Å². The standard InChI is InChI=1S/C4H9NO2/c6-1-3-4(2-7)5-3/h3-7H,1-2H2/t3-,4+. The molecule has 0 amide bonds. The van der Waals surface area contributed by atoms with Crippen LogP contribution in [0.1, 0.15) is 0 Å². The first-order valence-corrected chi connectivity index (χ1v) is 2.36. The Morgan fingerprint density at radius 2 is 1.57 bits per heavy atom. The molecule has 1 fully saturated rings. The Balaban J connectivity index is 2.06.